The largest absolute Gasteiger partial charge is 0.310 e. The fraction of sp³-hybridized carbons (Fsp3) is 0. The van der Waals surface area contributed by atoms with Crippen molar-refractivity contribution in [2.24, 2.45) is 0 Å². The van der Waals surface area contributed by atoms with Gasteiger partial charge in [0.2, 0.25) is 0 Å². The molecule has 0 radical (unpaired) electrons. The Balaban J connectivity index is 1.11. The number of fused-ring (bicyclic) bond motifs is 5. The number of nitrogens with zero attached hydrogens (tertiary/aromatic N) is 2. The Morgan fingerprint density at radius 3 is 1.18 bits per heavy atom. The summed E-state index contributed by atoms with van der Waals surface area (Å²) in [5.74, 6) is 0. The lowest BCUT2D eigenvalue weighted by Gasteiger charge is -2.31. The molecule has 2 heteroatoms. The first-order chi connectivity index (χ1) is 29.8. The third kappa shape index (κ3) is 6.32. The molecule has 0 spiro atoms. The van der Waals surface area contributed by atoms with Crippen LogP contribution in [0, 0.1) is 0 Å². The highest BCUT2D eigenvalue weighted by molar-refractivity contribution is 6.16. The number of rotatable bonds is 8. The normalized spacial score (nSPS) is 11.3. The second-order valence-electron chi connectivity index (χ2n) is 15.3. The van der Waals surface area contributed by atoms with Gasteiger partial charge in [-0.3, -0.25) is 0 Å². The van der Waals surface area contributed by atoms with Crippen molar-refractivity contribution in [2.45, 2.75) is 0 Å². The number of para-hydroxylation sites is 2. The van der Waals surface area contributed by atoms with Crippen LogP contribution in [0.15, 0.2) is 243 Å². The molecule has 11 rings (SSSR count). The predicted octanol–water partition coefficient (Wildman–Crippen LogP) is 16.6. The standard InChI is InChI=1S/C58H40N2/c1-3-20-47(21-4-1)59(49-35-31-44(32-36-49)54-27-13-18-41-15-7-10-24-52(41)54)51-39-46-30-29-43-17-9-12-26-56(43)58(46)57(40-51)60(48-22-5-2-6-23-48)50-37-33-45(34-38-50)55-28-14-19-42-16-8-11-25-53(42)55/h1-40H. The fourth-order valence-electron chi connectivity index (χ4n) is 8.98. The average Bonchev–Trinajstić information content (AvgIpc) is 3.32. The number of hydrogen-bond donors (Lipinski definition) is 0. The van der Waals surface area contributed by atoms with Crippen molar-refractivity contribution in [3.8, 4) is 22.3 Å². The Morgan fingerprint density at radius 2 is 0.633 bits per heavy atom. The maximum atomic E-state index is 2.43. The third-order valence-corrected chi connectivity index (χ3v) is 11.8. The third-order valence-electron chi connectivity index (χ3n) is 11.8. The molecule has 0 saturated heterocycles. The molecule has 0 aliphatic rings. The second-order valence-corrected chi connectivity index (χ2v) is 15.3. The van der Waals surface area contributed by atoms with Crippen LogP contribution in [0.2, 0.25) is 0 Å². The smallest absolute Gasteiger partial charge is 0.0567 e. The molecule has 0 bridgehead atoms. The van der Waals surface area contributed by atoms with E-state index >= 15 is 0 Å². The molecule has 0 aliphatic heterocycles. The van der Waals surface area contributed by atoms with Gasteiger partial charge in [-0.1, -0.05) is 182 Å². The molecular weight excluding hydrogens is 725 g/mol. The lowest BCUT2D eigenvalue weighted by Crippen LogP contribution is -2.14. The molecule has 0 heterocycles. The SMILES string of the molecule is c1ccc(N(c2ccc(-c3cccc4ccccc34)cc2)c2cc(N(c3ccccc3)c3ccc(-c4cccc5ccccc45)cc3)c3c(ccc4ccccc43)c2)cc1. The van der Waals surface area contributed by atoms with Crippen LogP contribution in [0.3, 0.4) is 0 Å². The number of hydrogen-bond acceptors (Lipinski definition) is 2. The summed E-state index contributed by atoms with van der Waals surface area (Å²) in [5, 5.41) is 9.80. The summed E-state index contributed by atoms with van der Waals surface area (Å²) in [7, 11) is 0. The van der Waals surface area contributed by atoms with E-state index in [-0.39, 0.29) is 0 Å². The van der Waals surface area contributed by atoms with Crippen LogP contribution in [-0.4, -0.2) is 0 Å². The van der Waals surface area contributed by atoms with Gasteiger partial charge in [0.25, 0.3) is 0 Å². The summed E-state index contributed by atoms with van der Waals surface area (Å²) in [4.78, 5) is 4.82. The van der Waals surface area contributed by atoms with Gasteiger partial charge in [-0.05, 0) is 121 Å². The first-order valence-electron chi connectivity index (χ1n) is 20.6. The van der Waals surface area contributed by atoms with Gasteiger partial charge in [-0.15, -0.1) is 0 Å². The lowest BCUT2D eigenvalue weighted by molar-refractivity contribution is 1.26. The van der Waals surface area contributed by atoms with E-state index in [1.165, 1.54) is 65.3 Å². The van der Waals surface area contributed by atoms with Crippen LogP contribution < -0.4 is 9.80 Å². The Bertz CT molecular complexity index is 3290. The molecule has 0 saturated carbocycles. The van der Waals surface area contributed by atoms with E-state index in [0.717, 1.165) is 34.1 Å². The second kappa shape index (κ2) is 15.1. The Hall–Kier alpha value is -7.94. The van der Waals surface area contributed by atoms with Gasteiger partial charge in [0.1, 0.15) is 0 Å². The van der Waals surface area contributed by atoms with Gasteiger partial charge < -0.3 is 9.80 Å². The van der Waals surface area contributed by atoms with E-state index in [1.54, 1.807) is 0 Å². The summed E-state index contributed by atoms with van der Waals surface area (Å²) in [6, 6.07) is 88.0. The number of benzene rings is 11. The first kappa shape index (κ1) is 35.2. The molecule has 60 heavy (non-hydrogen) atoms. The topological polar surface area (TPSA) is 6.48 Å². The molecule has 0 aromatic heterocycles. The Labute approximate surface area is 350 Å². The van der Waals surface area contributed by atoms with Crippen molar-refractivity contribution in [3.63, 3.8) is 0 Å². The molecule has 2 nitrogen and oxygen atoms in total. The predicted molar refractivity (Wildman–Crippen MR) is 257 cm³/mol. The Kier molecular flexibility index (Phi) is 8.87. The van der Waals surface area contributed by atoms with Crippen molar-refractivity contribution in [2.75, 3.05) is 9.80 Å². The number of anilines is 6. The average molecular weight is 765 g/mol. The minimum absolute atomic E-state index is 1.07. The minimum atomic E-state index is 1.07. The highest BCUT2D eigenvalue weighted by Crippen LogP contribution is 2.47. The molecule has 0 amide bonds. The van der Waals surface area contributed by atoms with Crippen molar-refractivity contribution < 1.29 is 0 Å². The highest BCUT2D eigenvalue weighted by atomic mass is 15.2. The zero-order chi connectivity index (χ0) is 39.8. The maximum Gasteiger partial charge on any atom is 0.0567 e. The molecule has 0 fully saturated rings. The van der Waals surface area contributed by atoms with E-state index in [4.69, 9.17) is 0 Å². The van der Waals surface area contributed by atoms with Gasteiger partial charge >= 0.3 is 0 Å². The van der Waals surface area contributed by atoms with Crippen molar-refractivity contribution in [3.05, 3.63) is 243 Å². The molecule has 282 valence electrons. The van der Waals surface area contributed by atoms with Crippen molar-refractivity contribution >= 4 is 77.2 Å². The summed E-state index contributed by atoms with van der Waals surface area (Å²) < 4.78 is 0. The molecule has 0 atom stereocenters. The van der Waals surface area contributed by atoms with Gasteiger partial charge in [-0.2, -0.15) is 0 Å². The zero-order valence-electron chi connectivity index (χ0n) is 33.0. The van der Waals surface area contributed by atoms with E-state index in [0.29, 0.717) is 0 Å². The molecule has 0 aliphatic carbocycles. The summed E-state index contributed by atoms with van der Waals surface area (Å²) in [6.07, 6.45) is 0. The molecule has 0 unspecified atom stereocenters. The molecule has 11 aromatic carbocycles. The lowest BCUT2D eigenvalue weighted by atomic mass is 9.96. The van der Waals surface area contributed by atoms with Crippen LogP contribution in [0.4, 0.5) is 34.1 Å². The van der Waals surface area contributed by atoms with Gasteiger partial charge in [0.15, 0.2) is 0 Å². The fourth-order valence-corrected chi connectivity index (χ4v) is 8.98. The van der Waals surface area contributed by atoms with E-state index in [1.807, 2.05) is 0 Å². The van der Waals surface area contributed by atoms with E-state index in [9.17, 15) is 0 Å². The van der Waals surface area contributed by atoms with Gasteiger partial charge in [0.05, 0.1) is 5.69 Å². The van der Waals surface area contributed by atoms with Crippen molar-refractivity contribution in [1.82, 2.24) is 0 Å². The van der Waals surface area contributed by atoms with Gasteiger partial charge in [0, 0.05) is 33.8 Å². The summed E-state index contributed by atoms with van der Waals surface area (Å²) >= 11 is 0. The molecule has 11 aromatic rings. The van der Waals surface area contributed by atoms with Crippen LogP contribution in [-0.2, 0) is 0 Å². The highest BCUT2D eigenvalue weighted by Gasteiger charge is 2.22. The minimum Gasteiger partial charge on any atom is -0.310 e. The van der Waals surface area contributed by atoms with Crippen molar-refractivity contribution in [1.29, 1.82) is 0 Å². The molecule has 0 N–H and O–H groups in total. The van der Waals surface area contributed by atoms with E-state index < -0.39 is 0 Å². The van der Waals surface area contributed by atoms with Crippen LogP contribution in [0.5, 0.6) is 0 Å². The summed E-state index contributed by atoms with van der Waals surface area (Å²) in [6.45, 7) is 0. The van der Waals surface area contributed by atoms with Gasteiger partial charge in [-0.25, -0.2) is 0 Å². The Morgan fingerprint density at radius 1 is 0.233 bits per heavy atom. The van der Waals surface area contributed by atoms with Crippen LogP contribution in [0.25, 0.3) is 65.3 Å². The quantitative estimate of drug-likeness (QED) is 0.142. The van der Waals surface area contributed by atoms with E-state index in [2.05, 4.69) is 252 Å². The van der Waals surface area contributed by atoms with Crippen LogP contribution >= 0.6 is 0 Å². The summed E-state index contributed by atoms with van der Waals surface area (Å²) in [5.41, 5.74) is 11.4. The molecular formula is C58H40N2. The first-order valence-corrected chi connectivity index (χ1v) is 20.6. The van der Waals surface area contributed by atoms with Crippen LogP contribution in [0.1, 0.15) is 0 Å². The maximum absolute atomic E-state index is 2.43. The zero-order valence-corrected chi connectivity index (χ0v) is 33.0. The monoisotopic (exact) mass is 764 g/mol.